The molecule has 1 heterocycles. The second-order valence-electron chi connectivity index (χ2n) is 6.64. The fraction of sp³-hybridized carbons (Fsp3) is 0.625. The molecule has 1 aliphatic heterocycles. The zero-order chi connectivity index (χ0) is 16.3. The van der Waals surface area contributed by atoms with E-state index in [0.29, 0.717) is 5.56 Å². The lowest BCUT2D eigenvalue weighted by Crippen LogP contribution is -2.49. The number of nitro benzene ring substituents is 1. The molecule has 0 spiro atoms. The van der Waals surface area contributed by atoms with E-state index < -0.39 is 0 Å². The second-order valence-corrected chi connectivity index (χ2v) is 6.64. The molecule has 6 heteroatoms. The van der Waals surface area contributed by atoms with Gasteiger partial charge in [0, 0.05) is 55.9 Å². The summed E-state index contributed by atoms with van der Waals surface area (Å²) in [6.45, 7) is 9.32. The standard InChI is InChI=1S/C16H25N3O3/c1-12-4-5-13(10-14(12)19(21)22)15(16(2,3)11-20)18-8-6-17-7-9-18/h4-5,10,15,17,20H,6-9,11H2,1-3H3/t15-/m1/s1. The zero-order valence-electron chi connectivity index (χ0n) is 13.5. The summed E-state index contributed by atoms with van der Waals surface area (Å²) in [6, 6.07) is 5.38. The Kier molecular flexibility index (Phi) is 5.16. The van der Waals surface area contributed by atoms with Crippen molar-refractivity contribution in [1.29, 1.82) is 0 Å². The van der Waals surface area contributed by atoms with E-state index in [1.807, 2.05) is 19.9 Å². The lowest BCUT2D eigenvalue weighted by atomic mass is 9.79. The summed E-state index contributed by atoms with van der Waals surface area (Å²) < 4.78 is 0. The van der Waals surface area contributed by atoms with Crippen molar-refractivity contribution in [3.8, 4) is 0 Å². The molecule has 1 aromatic carbocycles. The van der Waals surface area contributed by atoms with Gasteiger partial charge in [0.15, 0.2) is 0 Å². The summed E-state index contributed by atoms with van der Waals surface area (Å²) in [6.07, 6.45) is 0. The molecular formula is C16H25N3O3. The van der Waals surface area contributed by atoms with E-state index in [1.165, 1.54) is 0 Å². The van der Waals surface area contributed by atoms with Gasteiger partial charge in [0.1, 0.15) is 0 Å². The van der Waals surface area contributed by atoms with Crippen molar-refractivity contribution in [2.75, 3.05) is 32.8 Å². The Labute approximate surface area is 131 Å². The van der Waals surface area contributed by atoms with Crippen LogP contribution >= 0.6 is 0 Å². The average molecular weight is 307 g/mol. The quantitative estimate of drug-likeness (QED) is 0.641. The lowest BCUT2D eigenvalue weighted by Gasteiger charge is -2.43. The van der Waals surface area contributed by atoms with E-state index in [0.717, 1.165) is 31.7 Å². The smallest absolute Gasteiger partial charge is 0.272 e. The van der Waals surface area contributed by atoms with Gasteiger partial charge in [-0.25, -0.2) is 0 Å². The molecule has 0 aliphatic carbocycles. The van der Waals surface area contributed by atoms with Gasteiger partial charge in [-0.05, 0) is 12.5 Å². The number of aryl methyl sites for hydroxylation is 1. The van der Waals surface area contributed by atoms with Crippen LogP contribution in [0, 0.1) is 22.5 Å². The van der Waals surface area contributed by atoms with Gasteiger partial charge >= 0.3 is 0 Å². The number of hydrogen-bond donors (Lipinski definition) is 2. The van der Waals surface area contributed by atoms with Crippen LogP contribution < -0.4 is 5.32 Å². The minimum atomic E-state index is -0.375. The molecular weight excluding hydrogens is 282 g/mol. The monoisotopic (exact) mass is 307 g/mol. The predicted molar refractivity (Wildman–Crippen MR) is 85.9 cm³/mol. The normalized spacial score (nSPS) is 18.2. The number of nitrogens with one attached hydrogen (secondary N) is 1. The fourth-order valence-electron chi connectivity index (χ4n) is 3.18. The molecule has 1 saturated heterocycles. The molecule has 2 rings (SSSR count). The molecule has 0 amide bonds. The number of nitrogens with zero attached hydrogens (tertiary/aromatic N) is 2. The number of piperazine rings is 1. The molecule has 0 saturated carbocycles. The van der Waals surface area contributed by atoms with Crippen molar-refractivity contribution in [1.82, 2.24) is 10.2 Å². The molecule has 0 radical (unpaired) electrons. The van der Waals surface area contributed by atoms with Gasteiger partial charge in [0.2, 0.25) is 0 Å². The van der Waals surface area contributed by atoms with Crippen LogP contribution in [0.3, 0.4) is 0 Å². The summed E-state index contributed by atoms with van der Waals surface area (Å²) in [4.78, 5) is 13.2. The van der Waals surface area contributed by atoms with Gasteiger partial charge in [-0.15, -0.1) is 0 Å². The van der Waals surface area contributed by atoms with Crippen molar-refractivity contribution in [3.05, 3.63) is 39.4 Å². The summed E-state index contributed by atoms with van der Waals surface area (Å²) in [5.41, 5.74) is 1.33. The molecule has 6 nitrogen and oxygen atoms in total. The number of rotatable bonds is 5. The Balaban J connectivity index is 2.44. The van der Waals surface area contributed by atoms with Gasteiger partial charge in [0.25, 0.3) is 5.69 Å². The maximum atomic E-state index is 11.2. The van der Waals surface area contributed by atoms with Crippen molar-refractivity contribution < 1.29 is 10.0 Å². The highest BCUT2D eigenvalue weighted by Gasteiger charge is 2.36. The van der Waals surface area contributed by atoms with Gasteiger partial charge in [-0.1, -0.05) is 26.0 Å². The van der Waals surface area contributed by atoms with Crippen LogP contribution in [0.15, 0.2) is 18.2 Å². The van der Waals surface area contributed by atoms with Crippen LogP contribution in [0.4, 0.5) is 5.69 Å². The fourth-order valence-corrected chi connectivity index (χ4v) is 3.18. The van der Waals surface area contributed by atoms with Crippen LogP contribution in [-0.2, 0) is 0 Å². The van der Waals surface area contributed by atoms with Gasteiger partial charge in [-0.3, -0.25) is 15.0 Å². The Hall–Kier alpha value is -1.50. The second kappa shape index (κ2) is 6.73. The molecule has 0 bridgehead atoms. The van der Waals surface area contributed by atoms with Crippen LogP contribution in [0.1, 0.15) is 31.0 Å². The SMILES string of the molecule is Cc1ccc([C@@H](N2CCNCC2)C(C)(C)CO)cc1[N+](=O)[O-]. The predicted octanol–water partition coefficient (Wildman–Crippen LogP) is 1.87. The molecule has 22 heavy (non-hydrogen) atoms. The summed E-state index contributed by atoms with van der Waals surface area (Å²) >= 11 is 0. The minimum Gasteiger partial charge on any atom is -0.396 e. The Morgan fingerprint density at radius 1 is 1.41 bits per heavy atom. The number of aliphatic hydroxyl groups excluding tert-OH is 1. The highest BCUT2D eigenvalue weighted by atomic mass is 16.6. The number of hydrogen-bond acceptors (Lipinski definition) is 5. The van der Waals surface area contributed by atoms with Gasteiger partial charge in [0.05, 0.1) is 4.92 Å². The van der Waals surface area contributed by atoms with Crippen molar-refractivity contribution in [3.63, 3.8) is 0 Å². The molecule has 2 N–H and O–H groups in total. The highest BCUT2D eigenvalue weighted by Crippen LogP contribution is 2.39. The largest absolute Gasteiger partial charge is 0.396 e. The van der Waals surface area contributed by atoms with E-state index in [4.69, 9.17) is 0 Å². The lowest BCUT2D eigenvalue weighted by molar-refractivity contribution is -0.385. The molecule has 0 aromatic heterocycles. The Morgan fingerprint density at radius 2 is 2.05 bits per heavy atom. The van der Waals surface area contributed by atoms with E-state index >= 15 is 0 Å². The van der Waals surface area contributed by atoms with Gasteiger partial charge in [-0.2, -0.15) is 0 Å². The van der Waals surface area contributed by atoms with E-state index in [9.17, 15) is 15.2 Å². The maximum absolute atomic E-state index is 11.2. The van der Waals surface area contributed by atoms with Crippen molar-refractivity contribution in [2.24, 2.45) is 5.41 Å². The molecule has 122 valence electrons. The molecule has 1 aromatic rings. The van der Waals surface area contributed by atoms with Gasteiger partial charge < -0.3 is 10.4 Å². The molecule has 0 unspecified atom stereocenters. The van der Waals surface area contributed by atoms with Crippen molar-refractivity contribution in [2.45, 2.75) is 26.8 Å². The van der Waals surface area contributed by atoms with Crippen molar-refractivity contribution >= 4 is 5.69 Å². The first kappa shape index (κ1) is 16.9. The number of aliphatic hydroxyl groups is 1. The van der Waals surface area contributed by atoms with Crippen LogP contribution in [0.25, 0.3) is 0 Å². The average Bonchev–Trinajstić information content (AvgIpc) is 2.50. The third-order valence-electron chi connectivity index (χ3n) is 4.41. The van der Waals surface area contributed by atoms with E-state index in [1.54, 1.807) is 19.1 Å². The third kappa shape index (κ3) is 3.45. The Bertz CT molecular complexity index is 539. The molecule has 1 fully saturated rings. The first-order valence-corrected chi connectivity index (χ1v) is 7.67. The van der Waals surface area contributed by atoms with E-state index in [2.05, 4.69) is 10.2 Å². The third-order valence-corrected chi connectivity index (χ3v) is 4.41. The van der Waals surface area contributed by atoms with Crippen LogP contribution in [0.5, 0.6) is 0 Å². The topological polar surface area (TPSA) is 78.6 Å². The summed E-state index contributed by atoms with van der Waals surface area (Å²) in [5.74, 6) is 0. The number of benzene rings is 1. The zero-order valence-corrected chi connectivity index (χ0v) is 13.5. The van der Waals surface area contributed by atoms with Crippen LogP contribution in [-0.4, -0.2) is 47.7 Å². The van der Waals surface area contributed by atoms with Crippen LogP contribution in [0.2, 0.25) is 0 Å². The maximum Gasteiger partial charge on any atom is 0.272 e. The first-order chi connectivity index (χ1) is 10.4. The van der Waals surface area contributed by atoms with E-state index in [-0.39, 0.29) is 28.7 Å². The number of nitro groups is 1. The Morgan fingerprint density at radius 3 is 2.59 bits per heavy atom. The first-order valence-electron chi connectivity index (χ1n) is 7.67. The molecule has 1 atom stereocenters. The highest BCUT2D eigenvalue weighted by molar-refractivity contribution is 5.43. The molecule has 1 aliphatic rings. The minimum absolute atomic E-state index is 0.0310. The summed E-state index contributed by atoms with van der Waals surface area (Å²) in [5, 5.41) is 24.4. The summed E-state index contributed by atoms with van der Waals surface area (Å²) in [7, 11) is 0.